The number of hydrogen-bond acceptors (Lipinski definition) is 5. The number of H-pyrrole nitrogens is 1. The molecule has 4 heterocycles. The summed E-state index contributed by atoms with van der Waals surface area (Å²) < 4.78 is 11.2. The third-order valence-corrected chi connectivity index (χ3v) is 5.87. The molecule has 2 aliphatic rings. The molecular formula is C20H30N4O2. The van der Waals surface area contributed by atoms with E-state index in [9.17, 15) is 0 Å². The molecule has 0 spiro atoms. The highest BCUT2D eigenvalue weighted by Gasteiger charge is 2.34. The van der Waals surface area contributed by atoms with Crippen LogP contribution in [0, 0.1) is 12.8 Å². The van der Waals surface area contributed by atoms with E-state index in [0.29, 0.717) is 0 Å². The molecule has 1 N–H and O–H groups in total. The number of piperidine rings is 1. The average Bonchev–Trinajstić information content (AvgIpc) is 3.30. The fourth-order valence-corrected chi connectivity index (χ4v) is 4.38. The van der Waals surface area contributed by atoms with Gasteiger partial charge in [-0.3, -0.25) is 4.90 Å². The SMILES string of the molecule is COCCN1CCC(CN2CCc3[nH]cnc3C2c2ccc(C)o2)CC1. The van der Waals surface area contributed by atoms with Crippen LogP contribution in [0.15, 0.2) is 22.9 Å². The van der Waals surface area contributed by atoms with Gasteiger partial charge in [0.2, 0.25) is 0 Å². The maximum Gasteiger partial charge on any atom is 0.127 e. The van der Waals surface area contributed by atoms with Crippen molar-refractivity contribution < 1.29 is 9.15 Å². The van der Waals surface area contributed by atoms with Crippen molar-refractivity contribution in [1.82, 2.24) is 19.8 Å². The van der Waals surface area contributed by atoms with Crippen LogP contribution in [-0.2, 0) is 11.2 Å². The number of ether oxygens (including phenoxy) is 1. The quantitative estimate of drug-likeness (QED) is 0.860. The van der Waals surface area contributed by atoms with Crippen molar-refractivity contribution in [1.29, 1.82) is 0 Å². The summed E-state index contributed by atoms with van der Waals surface area (Å²) >= 11 is 0. The van der Waals surface area contributed by atoms with Gasteiger partial charge in [0, 0.05) is 38.9 Å². The number of rotatable bonds is 6. The zero-order valence-corrected chi connectivity index (χ0v) is 15.9. The predicted molar refractivity (Wildman–Crippen MR) is 100 cm³/mol. The van der Waals surface area contributed by atoms with Gasteiger partial charge in [-0.2, -0.15) is 0 Å². The lowest BCUT2D eigenvalue weighted by Gasteiger charge is -2.39. The minimum atomic E-state index is 0.144. The van der Waals surface area contributed by atoms with Gasteiger partial charge in [-0.05, 0) is 50.9 Å². The van der Waals surface area contributed by atoms with E-state index in [2.05, 4.69) is 31.9 Å². The summed E-state index contributed by atoms with van der Waals surface area (Å²) in [6.45, 7) is 8.44. The molecule has 1 fully saturated rings. The molecule has 0 aromatic carbocycles. The highest BCUT2D eigenvalue weighted by molar-refractivity contribution is 5.28. The van der Waals surface area contributed by atoms with E-state index in [1.165, 1.54) is 31.6 Å². The number of aromatic amines is 1. The van der Waals surface area contributed by atoms with Crippen LogP contribution >= 0.6 is 0 Å². The van der Waals surface area contributed by atoms with Crippen LogP contribution in [0.25, 0.3) is 0 Å². The Morgan fingerprint density at radius 1 is 1.27 bits per heavy atom. The van der Waals surface area contributed by atoms with Crippen molar-refractivity contribution in [3.63, 3.8) is 0 Å². The molecule has 1 saturated heterocycles. The second kappa shape index (κ2) is 7.94. The Bertz CT molecular complexity index is 702. The Morgan fingerprint density at radius 3 is 2.85 bits per heavy atom. The molecule has 1 unspecified atom stereocenters. The number of likely N-dealkylation sites (tertiary alicyclic amines) is 1. The van der Waals surface area contributed by atoms with Crippen LogP contribution < -0.4 is 0 Å². The molecule has 142 valence electrons. The molecule has 0 amide bonds. The highest BCUT2D eigenvalue weighted by Crippen LogP contribution is 2.35. The minimum absolute atomic E-state index is 0.144. The van der Waals surface area contributed by atoms with Crippen LogP contribution in [0.2, 0.25) is 0 Å². The van der Waals surface area contributed by atoms with Crippen LogP contribution in [-0.4, -0.2) is 66.2 Å². The molecule has 0 saturated carbocycles. The number of imidazole rings is 1. The van der Waals surface area contributed by atoms with Gasteiger partial charge in [0.05, 0.1) is 18.6 Å². The summed E-state index contributed by atoms with van der Waals surface area (Å²) in [6, 6.07) is 4.32. The van der Waals surface area contributed by atoms with E-state index >= 15 is 0 Å². The van der Waals surface area contributed by atoms with Crippen molar-refractivity contribution in [3.8, 4) is 0 Å². The molecule has 1 atom stereocenters. The third-order valence-electron chi connectivity index (χ3n) is 5.87. The van der Waals surface area contributed by atoms with Crippen LogP contribution in [0.5, 0.6) is 0 Å². The van der Waals surface area contributed by atoms with E-state index in [1.54, 1.807) is 7.11 Å². The fraction of sp³-hybridized carbons (Fsp3) is 0.650. The zero-order valence-electron chi connectivity index (χ0n) is 15.9. The molecule has 0 radical (unpaired) electrons. The van der Waals surface area contributed by atoms with Crippen molar-refractivity contribution >= 4 is 0 Å². The normalized spacial score (nSPS) is 22.6. The number of fused-ring (bicyclic) bond motifs is 1. The van der Waals surface area contributed by atoms with Crippen molar-refractivity contribution in [2.24, 2.45) is 5.92 Å². The number of nitrogens with zero attached hydrogens (tertiary/aromatic N) is 3. The highest BCUT2D eigenvalue weighted by atomic mass is 16.5. The first-order valence-corrected chi connectivity index (χ1v) is 9.78. The Balaban J connectivity index is 1.44. The average molecular weight is 358 g/mol. The topological polar surface area (TPSA) is 57.5 Å². The van der Waals surface area contributed by atoms with Gasteiger partial charge in [-0.15, -0.1) is 0 Å². The summed E-state index contributed by atoms with van der Waals surface area (Å²) in [4.78, 5) is 13.1. The number of aryl methyl sites for hydroxylation is 1. The van der Waals surface area contributed by atoms with E-state index in [-0.39, 0.29) is 6.04 Å². The molecule has 2 aliphatic heterocycles. The summed E-state index contributed by atoms with van der Waals surface area (Å²) in [5, 5.41) is 0. The van der Waals surface area contributed by atoms with Gasteiger partial charge >= 0.3 is 0 Å². The standard InChI is InChI=1S/C20H30N4O2/c1-15-3-4-18(26-15)20-19-17(21-14-22-19)7-10-24(20)13-16-5-8-23(9-6-16)11-12-25-2/h3-4,14,16,20H,5-13H2,1-2H3,(H,21,22). The van der Waals surface area contributed by atoms with E-state index in [0.717, 1.165) is 55.8 Å². The molecular weight excluding hydrogens is 328 g/mol. The number of methoxy groups -OCH3 is 1. The first-order chi connectivity index (χ1) is 12.7. The summed E-state index contributed by atoms with van der Waals surface area (Å²) in [5.41, 5.74) is 2.40. The Kier molecular flexibility index (Phi) is 5.43. The number of furan rings is 1. The number of nitrogens with one attached hydrogen (secondary N) is 1. The van der Waals surface area contributed by atoms with E-state index in [1.807, 2.05) is 13.3 Å². The van der Waals surface area contributed by atoms with Gasteiger partial charge in [0.1, 0.15) is 17.6 Å². The first kappa shape index (κ1) is 17.8. The van der Waals surface area contributed by atoms with Crippen molar-refractivity contribution in [3.05, 3.63) is 41.4 Å². The number of aromatic nitrogens is 2. The maximum absolute atomic E-state index is 6.01. The molecule has 0 aliphatic carbocycles. The molecule has 0 bridgehead atoms. The molecule has 2 aromatic heterocycles. The third kappa shape index (κ3) is 3.72. The monoisotopic (exact) mass is 358 g/mol. The second-order valence-electron chi connectivity index (χ2n) is 7.64. The molecule has 6 nitrogen and oxygen atoms in total. The van der Waals surface area contributed by atoms with Gasteiger partial charge in [-0.1, -0.05) is 0 Å². The fourth-order valence-electron chi connectivity index (χ4n) is 4.38. The molecule has 4 rings (SSSR count). The predicted octanol–water partition coefficient (Wildman–Crippen LogP) is 2.62. The van der Waals surface area contributed by atoms with Gasteiger partial charge < -0.3 is 19.0 Å². The van der Waals surface area contributed by atoms with E-state index < -0.39 is 0 Å². The lowest BCUT2D eigenvalue weighted by Crippen LogP contribution is -2.43. The van der Waals surface area contributed by atoms with Gasteiger partial charge in [0.25, 0.3) is 0 Å². The zero-order chi connectivity index (χ0) is 17.9. The number of hydrogen-bond donors (Lipinski definition) is 1. The molecule has 2 aromatic rings. The Morgan fingerprint density at radius 2 is 2.12 bits per heavy atom. The molecule has 26 heavy (non-hydrogen) atoms. The first-order valence-electron chi connectivity index (χ1n) is 9.78. The summed E-state index contributed by atoms with van der Waals surface area (Å²) in [7, 11) is 1.78. The van der Waals surface area contributed by atoms with Crippen molar-refractivity contribution in [2.45, 2.75) is 32.2 Å². The van der Waals surface area contributed by atoms with Crippen LogP contribution in [0.4, 0.5) is 0 Å². The van der Waals surface area contributed by atoms with E-state index in [4.69, 9.17) is 9.15 Å². The lowest BCUT2D eigenvalue weighted by atomic mass is 9.93. The Labute approximate surface area is 155 Å². The Hall–Kier alpha value is -1.63. The second-order valence-corrected chi connectivity index (χ2v) is 7.64. The smallest absolute Gasteiger partial charge is 0.127 e. The largest absolute Gasteiger partial charge is 0.464 e. The summed E-state index contributed by atoms with van der Waals surface area (Å²) in [5.74, 6) is 2.73. The van der Waals surface area contributed by atoms with Gasteiger partial charge in [0.15, 0.2) is 0 Å². The molecule has 6 heteroatoms. The van der Waals surface area contributed by atoms with Crippen LogP contribution in [0.3, 0.4) is 0 Å². The summed E-state index contributed by atoms with van der Waals surface area (Å²) in [6.07, 6.45) is 5.39. The van der Waals surface area contributed by atoms with Crippen molar-refractivity contribution in [2.75, 3.05) is 46.4 Å². The lowest BCUT2D eigenvalue weighted by molar-refractivity contribution is 0.0937. The maximum atomic E-state index is 6.01. The van der Waals surface area contributed by atoms with Gasteiger partial charge in [-0.25, -0.2) is 4.98 Å². The minimum Gasteiger partial charge on any atom is -0.464 e. The van der Waals surface area contributed by atoms with Crippen LogP contribution in [0.1, 0.15) is 41.8 Å².